The predicted molar refractivity (Wildman–Crippen MR) is 159 cm³/mol. The van der Waals surface area contributed by atoms with E-state index in [0.717, 1.165) is 0 Å². The first-order valence-corrected chi connectivity index (χ1v) is 13.2. The molecule has 4 aromatic rings. The summed E-state index contributed by atoms with van der Waals surface area (Å²) in [6.45, 7) is 0. The molecule has 2 atom stereocenters. The van der Waals surface area contributed by atoms with Gasteiger partial charge in [-0.25, -0.2) is 14.4 Å². The largest absolute Gasteiger partial charge is 0.478 e. The molecule has 0 spiro atoms. The number of benzene rings is 4. The number of carboxylic acid groups (broad SMARTS) is 1. The molecular weight excluding hydrogens is 572 g/mol. The van der Waals surface area contributed by atoms with Crippen molar-refractivity contribution in [1.29, 1.82) is 5.26 Å². The molecule has 4 rings (SSSR count). The zero-order valence-corrected chi connectivity index (χ0v) is 23.1. The fraction of sp³-hybridized carbons (Fsp3) is 0.0606. The minimum absolute atomic E-state index is 0.0428. The highest BCUT2D eigenvalue weighted by Crippen LogP contribution is 2.22. The molecule has 0 heterocycles. The van der Waals surface area contributed by atoms with Gasteiger partial charge in [0.15, 0.2) is 0 Å². The lowest BCUT2D eigenvalue weighted by Gasteiger charge is -2.23. The van der Waals surface area contributed by atoms with Gasteiger partial charge < -0.3 is 19.9 Å². The van der Waals surface area contributed by atoms with Gasteiger partial charge in [-0.05, 0) is 65.7 Å². The number of hydrogen-bond donors (Lipinski definition) is 2. The highest BCUT2D eigenvalue weighted by atomic mass is 35.5. The van der Waals surface area contributed by atoms with Crippen molar-refractivity contribution < 1.29 is 33.8 Å². The van der Waals surface area contributed by atoms with Crippen LogP contribution in [0.15, 0.2) is 109 Å². The fourth-order valence-corrected chi connectivity index (χ4v) is 3.99. The molecule has 0 bridgehead atoms. The number of allylic oxidation sites excluding steroid dienone is 1. The number of hydrogen-bond acceptors (Lipinski definition) is 7. The van der Waals surface area contributed by atoms with E-state index in [2.05, 4.69) is 11.4 Å². The quantitative estimate of drug-likeness (QED) is 0.132. The Bertz CT molecular complexity index is 1680. The van der Waals surface area contributed by atoms with Crippen LogP contribution < -0.4 is 5.32 Å². The molecule has 214 valence electrons. The van der Waals surface area contributed by atoms with Gasteiger partial charge in [0.1, 0.15) is 0 Å². The molecule has 0 saturated heterocycles. The molecular formula is C33H23ClN2O7. The number of nitriles is 1. The van der Waals surface area contributed by atoms with E-state index in [-0.39, 0.29) is 16.8 Å². The molecule has 0 radical (unpaired) electrons. The summed E-state index contributed by atoms with van der Waals surface area (Å²) in [5.41, 5.74) is 2.01. The summed E-state index contributed by atoms with van der Waals surface area (Å²) in [6.07, 6.45) is -2.57. The van der Waals surface area contributed by atoms with Crippen molar-refractivity contribution in [2.45, 2.75) is 12.2 Å². The lowest BCUT2D eigenvalue weighted by molar-refractivity contribution is -0.157. The number of anilines is 1. The summed E-state index contributed by atoms with van der Waals surface area (Å²) in [4.78, 5) is 51.1. The van der Waals surface area contributed by atoms with Crippen LogP contribution in [0.25, 0.3) is 11.6 Å². The second-order valence-corrected chi connectivity index (χ2v) is 9.45. The number of carbonyl (C=O) groups excluding carboxylic acids is 3. The van der Waals surface area contributed by atoms with E-state index in [0.29, 0.717) is 21.7 Å². The minimum atomic E-state index is -2.17. The molecule has 0 aromatic heterocycles. The van der Waals surface area contributed by atoms with E-state index < -0.39 is 36.0 Å². The molecule has 4 aromatic carbocycles. The van der Waals surface area contributed by atoms with Gasteiger partial charge in [-0.15, -0.1) is 0 Å². The summed E-state index contributed by atoms with van der Waals surface area (Å²) in [5, 5.41) is 22.5. The van der Waals surface area contributed by atoms with Crippen molar-refractivity contribution in [2.24, 2.45) is 0 Å². The van der Waals surface area contributed by atoms with E-state index in [1.54, 1.807) is 78.9 Å². The Balaban J connectivity index is 1.57. The molecule has 0 aliphatic heterocycles. The molecule has 0 fully saturated rings. The van der Waals surface area contributed by atoms with Crippen molar-refractivity contribution in [3.63, 3.8) is 0 Å². The van der Waals surface area contributed by atoms with E-state index in [1.165, 1.54) is 36.4 Å². The van der Waals surface area contributed by atoms with E-state index in [9.17, 15) is 29.5 Å². The Morgan fingerprint density at radius 1 is 0.721 bits per heavy atom. The van der Waals surface area contributed by atoms with Crippen molar-refractivity contribution >= 4 is 52.8 Å². The number of nitrogens with zero attached hydrogens (tertiary/aromatic N) is 1. The molecule has 2 N–H and O–H groups in total. The first-order valence-electron chi connectivity index (χ1n) is 12.8. The fourth-order valence-electron chi connectivity index (χ4n) is 3.86. The first kappa shape index (κ1) is 30.2. The van der Waals surface area contributed by atoms with Crippen molar-refractivity contribution in [1.82, 2.24) is 0 Å². The number of esters is 2. The number of nitrogens with one attached hydrogen (secondary N) is 1. The highest BCUT2D eigenvalue weighted by Gasteiger charge is 2.41. The van der Waals surface area contributed by atoms with Crippen LogP contribution in [-0.4, -0.2) is 41.1 Å². The zero-order valence-electron chi connectivity index (χ0n) is 22.3. The van der Waals surface area contributed by atoms with Crippen LogP contribution in [0.4, 0.5) is 5.69 Å². The standard InChI is InChI=1S/C33H23ClN2O7/c34-26-15-13-22(14-16-26)25(20-35)19-21-11-17-27(18-12-21)36-30(37)28(42-32(40)23-7-3-1-4-8-23)29(31(38)39)43-33(41)24-9-5-2-6-10-24/h1-19,28-29H,(H,36,37)(H,38,39)/b25-19+/t28-,29-/m0/s1. The lowest BCUT2D eigenvalue weighted by Crippen LogP contribution is -2.48. The second kappa shape index (κ2) is 14.3. The normalized spacial score (nSPS) is 12.2. The van der Waals surface area contributed by atoms with Crippen LogP contribution >= 0.6 is 11.6 Å². The zero-order chi connectivity index (χ0) is 30.8. The molecule has 0 saturated carbocycles. The monoisotopic (exact) mass is 594 g/mol. The number of carboxylic acids is 1. The molecule has 9 nitrogen and oxygen atoms in total. The summed E-state index contributed by atoms with van der Waals surface area (Å²) >= 11 is 5.93. The molecule has 43 heavy (non-hydrogen) atoms. The first-order chi connectivity index (χ1) is 20.7. The van der Waals surface area contributed by atoms with Gasteiger partial charge in [-0.3, -0.25) is 4.79 Å². The van der Waals surface area contributed by atoms with Crippen LogP contribution in [0.2, 0.25) is 5.02 Å². The van der Waals surface area contributed by atoms with Gasteiger partial charge in [0.25, 0.3) is 5.91 Å². The second-order valence-electron chi connectivity index (χ2n) is 9.01. The van der Waals surface area contributed by atoms with Crippen molar-refractivity contribution in [2.75, 3.05) is 5.32 Å². The number of rotatable bonds is 10. The summed E-state index contributed by atoms with van der Waals surface area (Å²) in [5.74, 6) is -4.75. The Kier molecular flexibility index (Phi) is 10.0. The summed E-state index contributed by atoms with van der Waals surface area (Å²) in [7, 11) is 0. The third kappa shape index (κ3) is 8.16. The predicted octanol–water partition coefficient (Wildman–Crippen LogP) is 5.88. The van der Waals surface area contributed by atoms with E-state index in [1.807, 2.05) is 0 Å². The van der Waals surface area contributed by atoms with Gasteiger partial charge in [0, 0.05) is 10.7 Å². The minimum Gasteiger partial charge on any atom is -0.478 e. The van der Waals surface area contributed by atoms with Crippen molar-refractivity contribution in [3.05, 3.63) is 136 Å². The maximum absolute atomic E-state index is 13.4. The summed E-state index contributed by atoms with van der Waals surface area (Å²) < 4.78 is 10.5. The van der Waals surface area contributed by atoms with Crippen LogP contribution in [0, 0.1) is 11.3 Å². The third-order valence-electron chi connectivity index (χ3n) is 6.03. The van der Waals surface area contributed by atoms with Gasteiger partial charge in [-0.2, -0.15) is 5.26 Å². The molecule has 10 heteroatoms. The Morgan fingerprint density at radius 3 is 1.72 bits per heavy atom. The smallest absolute Gasteiger partial charge is 0.349 e. The van der Waals surface area contributed by atoms with Gasteiger partial charge >= 0.3 is 17.9 Å². The van der Waals surface area contributed by atoms with Gasteiger partial charge in [-0.1, -0.05) is 72.3 Å². The SMILES string of the molecule is N#C/C(=C\c1ccc(NC(=O)[C@@H](OC(=O)c2ccccc2)[C@H](OC(=O)c2ccccc2)C(=O)O)cc1)c1ccc(Cl)cc1. The lowest BCUT2D eigenvalue weighted by atomic mass is 10.0. The molecule has 0 aliphatic rings. The number of amides is 1. The number of ether oxygens (including phenoxy) is 2. The maximum Gasteiger partial charge on any atom is 0.349 e. The topological polar surface area (TPSA) is 143 Å². The number of aliphatic carboxylic acids is 1. The Morgan fingerprint density at radius 2 is 1.23 bits per heavy atom. The molecule has 1 amide bonds. The molecule has 0 aliphatic carbocycles. The number of carbonyl (C=O) groups is 4. The van der Waals surface area contributed by atoms with Crippen LogP contribution in [0.3, 0.4) is 0 Å². The highest BCUT2D eigenvalue weighted by molar-refractivity contribution is 6.30. The van der Waals surface area contributed by atoms with Crippen LogP contribution in [0.5, 0.6) is 0 Å². The third-order valence-corrected chi connectivity index (χ3v) is 6.28. The van der Waals surface area contributed by atoms with Crippen LogP contribution in [-0.2, 0) is 19.1 Å². The Labute approximate surface area is 251 Å². The molecule has 0 unspecified atom stereocenters. The average molecular weight is 595 g/mol. The Hall–Kier alpha value is -5.72. The number of halogens is 1. The van der Waals surface area contributed by atoms with E-state index in [4.69, 9.17) is 21.1 Å². The van der Waals surface area contributed by atoms with E-state index >= 15 is 0 Å². The van der Waals surface area contributed by atoms with Gasteiger partial charge in [0.2, 0.25) is 12.2 Å². The van der Waals surface area contributed by atoms with Crippen LogP contribution in [0.1, 0.15) is 31.8 Å². The average Bonchev–Trinajstić information content (AvgIpc) is 3.03. The van der Waals surface area contributed by atoms with Crippen molar-refractivity contribution in [3.8, 4) is 6.07 Å². The van der Waals surface area contributed by atoms with Gasteiger partial charge in [0.05, 0.1) is 22.8 Å². The maximum atomic E-state index is 13.4. The summed E-state index contributed by atoms with van der Waals surface area (Å²) in [6, 6.07) is 30.4.